The highest BCUT2D eigenvalue weighted by atomic mass is 16.5. The number of ether oxygens (including phenoxy) is 2. The van der Waals surface area contributed by atoms with E-state index < -0.39 is 6.04 Å². The number of nitrogens with one attached hydrogen (secondary N) is 1. The van der Waals surface area contributed by atoms with Crippen LogP contribution in [0.2, 0.25) is 0 Å². The van der Waals surface area contributed by atoms with Gasteiger partial charge in [0.25, 0.3) is 0 Å². The Morgan fingerprint density at radius 1 is 0.907 bits per heavy atom. The van der Waals surface area contributed by atoms with Crippen LogP contribution in [0.1, 0.15) is 76.0 Å². The molecular formula is C36H41N3O4. The van der Waals surface area contributed by atoms with Crippen molar-refractivity contribution in [2.45, 2.75) is 76.9 Å². The first-order chi connectivity index (χ1) is 20.8. The smallest absolute Gasteiger partial charge is 0.224 e. The SMILES string of the molecule is COc1ccc(C2CC(=O)C3=C(C2)Nc2ccccc2N(C(C)=O)C3c2ccc(N3C(C)CCCC3C)cc2OC)cc1. The Labute approximate surface area is 254 Å². The van der Waals surface area contributed by atoms with E-state index in [2.05, 4.69) is 42.3 Å². The van der Waals surface area contributed by atoms with Gasteiger partial charge >= 0.3 is 0 Å². The maximum Gasteiger partial charge on any atom is 0.224 e. The molecule has 2 aliphatic heterocycles. The second-order valence-electron chi connectivity index (χ2n) is 12.1. The number of piperidine rings is 1. The number of allylic oxidation sites excluding steroid dienone is 1. The molecule has 3 aromatic rings. The summed E-state index contributed by atoms with van der Waals surface area (Å²) in [7, 11) is 3.32. The number of Topliss-reactive ketones (excluding diaryl/α,β-unsaturated/α-hetero) is 1. The zero-order valence-electron chi connectivity index (χ0n) is 25.7. The van der Waals surface area contributed by atoms with Crippen molar-refractivity contribution in [3.05, 3.63) is 89.1 Å². The molecule has 0 saturated carbocycles. The molecule has 1 fully saturated rings. The predicted molar refractivity (Wildman–Crippen MR) is 171 cm³/mol. The molecule has 3 aliphatic rings. The first-order valence-corrected chi connectivity index (χ1v) is 15.3. The van der Waals surface area contributed by atoms with Crippen LogP contribution in [0.5, 0.6) is 11.5 Å². The van der Waals surface area contributed by atoms with Gasteiger partial charge in [-0.25, -0.2) is 0 Å². The van der Waals surface area contributed by atoms with Gasteiger partial charge in [0.15, 0.2) is 5.78 Å². The number of methoxy groups -OCH3 is 2. The van der Waals surface area contributed by atoms with Gasteiger partial charge in [-0.05, 0) is 81.3 Å². The van der Waals surface area contributed by atoms with Gasteiger partial charge in [0.1, 0.15) is 11.5 Å². The Kier molecular flexibility index (Phi) is 7.91. The number of amides is 1. The Hall–Kier alpha value is -4.26. The molecule has 4 unspecified atom stereocenters. The lowest BCUT2D eigenvalue weighted by atomic mass is 9.78. The van der Waals surface area contributed by atoms with Crippen molar-refractivity contribution in [3.63, 3.8) is 0 Å². The number of hydrogen-bond acceptors (Lipinski definition) is 6. The molecule has 224 valence electrons. The molecule has 3 aromatic carbocycles. The first-order valence-electron chi connectivity index (χ1n) is 15.3. The number of nitrogens with zero attached hydrogens (tertiary/aromatic N) is 2. The molecule has 7 heteroatoms. The van der Waals surface area contributed by atoms with E-state index in [4.69, 9.17) is 9.47 Å². The Balaban J connectivity index is 1.50. The monoisotopic (exact) mass is 579 g/mol. The fraction of sp³-hybridized carbons (Fsp3) is 0.389. The predicted octanol–water partition coefficient (Wildman–Crippen LogP) is 7.39. The molecule has 0 radical (unpaired) electrons. The van der Waals surface area contributed by atoms with Crippen molar-refractivity contribution in [1.82, 2.24) is 0 Å². The molecular weight excluding hydrogens is 538 g/mol. The third-order valence-corrected chi connectivity index (χ3v) is 9.42. The van der Waals surface area contributed by atoms with Crippen LogP contribution in [0.15, 0.2) is 78.0 Å². The van der Waals surface area contributed by atoms with E-state index in [1.807, 2.05) is 48.5 Å². The maximum atomic E-state index is 14.3. The summed E-state index contributed by atoms with van der Waals surface area (Å²) in [4.78, 5) is 32.0. The molecule has 1 saturated heterocycles. The number of fused-ring (bicyclic) bond motifs is 1. The first kappa shape index (κ1) is 28.8. The van der Waals surface area contributed by atoms with Crippen LogP contribution in [-0.2, 0) is 9.59 Å². The Morgan fingerprint density at radius 2 is 1.63 bits per heavy atom. The highest BCUT2D eigenvalue weighted by Gasteiger charge is 2.42. The van der Waals surface area contributed by atoms with Gasteiger partial charge in [-0.1, -0.05) is 30.3 Å². The zero-order valence-corrected chi connectivity index (χ0v) is 25.7. The minimum atomic E-state index is -0.631. The van der Waals surface area contributed by atoms with Gasteiger partial charge in [0, 0.05) is 54.0 Å². The Morgan fingerprint density at radius 3 is 2.30 bits per heavy atom. The van der Waals surface area contributed by atoms with E-state index in [1.165, 1.54) is 6.42 Å². The number of benzene rings is 3. The van der Waals surface area contributed by atoms with Crippen molar-refractivity contribution >= 4 is 28.8 Å². The van der Waals surface area contributed by atoms with Crippen LogP contribution in [0.25, 0.3) is 0 Å². The average Bonchev–Trinajstić information content (AvgIpc) is 3.15. The van der Waals surface area contributed by atoms with E-state index in [9.17, 15) is 9.59 Å². The number of hydrogen-bond donors (Lipinski definition) is 1. The molecule has 0 spiro atoms. The Bertz CT molecular complexity index is 1550. The fourth-order valence-electron chi connectivity index (χ4n) is 7.36. The fourth-order valence-corrected chi connectivity index (χ4v) is 7.36. The van der Waals surface area contributed by atoms with Gasteiger partial charge in [0.2, 0.25) is 5.91 Å². The summed E-state index contributed by atoms with van der Waals surface area (Å²) in [5.74, 6) is 1.36. The summed E-state index contributed by atoms with van der Waals surface area (Å²) in [6.45, 7) is 6.12. The minimum Gasteiger partial charge on any atom is -0.497 e. The van der Waals surface area contributed by atoms with Gasteiger partial charge < -0.3 is 19.7 Å². The molecule has 6 rings (SSSR count). The van der Waals surface area contributed by atoms with E-state index >= 15 is 0 Å². The van der Waals surface area contributed by atoms with E-state index in [0.29, 0.717) is 36.2 Å². The quantitative estimate of drug-likeness (QED) is 0.340. The van der Waals surface area contributed by atoms with Crippen molar-refractivity contribution in [1.29, 1.82) is 0 Å². The third-order valence-electron chi connectivity index (χ3n) is 9.42. The van der Waals surface area contributed by atoms with Crippen molar-refractivity contribution < 1.29 is 19.1 Å². The number of rotatable bonds is 5. The summed E-state index contributed by atoms with van der Waals surface area (Å²) in [5, 5.41) is 3.60. The maximum absolute atomic E-state index is 14.3. The summed E-state index contributed by atoms with van der Waals surface area (Å²) >= 11 is 0. The molecule has 1 aliphatic carbocycles. The highest BCUT2D eigenvalue weighted by molar-refractivity contribution is 6.06. The summed E-state index contributed by atoms with van der Waals surface area (Å²) in [6, 6.07) is 22.2. The third kappa shape index (κ3) is 5.26. The minimum absolute atomic E-state index is 0.00712. The number of carbonyl (C=O) groups is 2. The topological polar surface area (TPSA) is 71.1 Å². The van der Waals surface area contributed by atoms with Gasteiger partial charge in [-0.15, -0.1) is 0 Å². The standard InChI is InChI=1S/C36H41N3O4/c1-22-9-8-10-23(2)38(22)27-15-18-29(34(21-27)43-5)36-35-31(37-30-11-6-7-12-32(30)39(36)24(3)40)19-26(20-33(35)41)25-13-16-28(42-4)17-14-25/h6-7,11-18,21-23,26,36-37H,8-10,19-20H2,1-5H3. The number of ketones is 1. The van der Waals surface area contributed by atoms with Crippen molar-refractivity contribution in [3.8, 4) is 11.5 Å². The molecule has 0 aromatic heterocycles. The van der Waals surface area contributed by atoms with Crippen LogP contribution in [0.4, 0.5) is 17.1 Å². The lowest BCUT2D eigenvalue weighted by molar-refractivity contribution is -0.117. The number of carbonyl (C=O) groups excluding carboxylic acids is 2. The second kappa shape index (κ2) is 11.8. The zero-order chi connectivity index (χ0) is 30.2. The van der Waals surface area contributed by atoms with Gasteiger partial charge in [-0.3, -0.25) is 14.5 Å². The van der Waals surface area contributed by atoms with E-state index in [0.717, 1.165) is 52.5 Å². The lowest BCUT2D eigenvalue weighted by Gasteiger charge is -2.41. The molecule has 4 atom stereocenters. The lowest BCUT2D eigenvalue weighted by Crippen LogP contribution is -2.43. The summed E-state index contributed by atoms with van der Waals surface area (Å²) < 4.78 is 11.4. The second-order valence-corrected chi connectivity index (χ2v) is 12.1. The summed E-state index contributed by atoms with van der Waals surface area (Å²) in [5.41, 5.74) is 6.03. The van der Waals surface area contributed by atoms with Crippen LogP contribution >= 0.6 is 0 Å². The molecule has 7 nitrogen and oxygen atoms in total. The van der Waals surface area contributed by atoms with Gasteiger partial charge in [-0.2, -0.15) is 0 Å². The normalized spacial score (nSPS) is 23.6. The molecule has 2 heterocycles. The van der Waals surface area contributed by atoms with Crippen LogP contribution < -0.4 is 24.6 Å². The van der Waals surface area contributed by atoms with E-state index in [-0.39, 0.29) is 17.6 Å². The van der Waals surface area contributed by atoms with Crippen LogP contribution in [0.3, 0.4) is 0 Å². The largest absolute Gasteiger partial charge is 0.497 e. The van der Waals surface area contributed by atoms with Crippen molar-refractivity contribution in [2.75, 3.05) is 29.3 Å². The van der Waals surface area contributed by atoms with Gasteiger partial charge in [0.05, 0.1) is 31.6 Å². The highest BCUT2D eigenvalue weighted by Crippen LogP contribution is 2.49. The van der Waals surface area contributed by atoms with Crippen molar-refractivity contribution in [2.24, 2.45) is 0 Å². The molecule has 43 heavy (non-hydrogen) atoms. The number of para-hydroxylation sites is 2. The average molecular weight is 580 g/mol. The van der Waals surface area contributed by atoms with Crippen LogP contribution in [-0.4, -0.2) is 38.0 Å². The van der Waals surface area contributed by atoms with Crippen LogP contribution in [0, 0.1) is 0 Å². The molecule has 0 bridgehead atoms. The van der Waals surface area contributed by atoms with E-state index in [1.54, 1.807) is 26.0 Å². The summed E-state index contributed by atoms with van der Waals surface area (Å²) in [6.07, 6.45) is 4.53. The molecule has 1 amide bonds. The number of anilines is 3. The molecule has 1 N–H and O–H groups in total.